The first-order valence-corrected chi connectivity index (χ1v) is 47.7. The molecular weight excluding hydrogens is 1270 g/mol. The minimum atomic E-state index is -3.33. The summed E-state index contributed by atoms with van der Waals surface area (Å²) in [5.41, 5.74) is 20.2. The van der Waals surface area contributed by atoms with E-state index >= 15 is 0 Å². The van der Waals surface area contributed by atoms with E-state index < -0.39 is 54.6 Å². The van der Waals surface area contributed by atoms with E-state index in [0.717, 1.165) is 64.2 Å². The van der Waals surface area contributed by atoms with E-state index in [1.54, 1.807) is 33.8 Å². The van der Waals surface area contributed by atoms with Crippen LogP contribution >= 0.6 is 0 Å². The van der Waals surface area contributed by atoms with Crippen LogP contribution in [0.25, 0.3) is 20.9 Å². The van der Waals surface area contributed by atoms with Gasteiger partial charge in [-0.1, -0.05) is 126 Å². The lowest BCUT2D eigenvalue weighted by Gasteiger charge is -2.43. The number of aliphatic hydroxyl groups is 3. The van der Waals surface area contributed by atoms with Crippen molar-refractivity contribution in [2.75, 3.05) is 39.1 Å². The van der Waals surface area contributed by atoms with E-state index in [4.69, 9.17) is 48.9 Å². The lowest BCUT2D eigenvalue weighted by Crippen LogP contribution is -2.47. The van der Waals surface area contributed by atoms with Crippen LogP contribution < -0.4 is 5.73 Å². The van der Waals surface area contributed by atoms with Gasteiger partial charge < -0.3 is 43.6 Å². The molecule has 94 heavy (non-hydrogen) atoms. The molecular formula is C71H159N7O11SSi4. The molecule has 0 aliphatic carbocycles. The molecule has 0 heterocycles. The second-order valence-corrected chi connectivity index (χ2v) is 56.6. The fourth-order valence-corrected chi connectivity index (χ4v) is 14.9. The minimum absolute atomic E-state index is 0.0647. The number of hydrogen-bond donors (Lipinski definition) is 4. The fraction of sp³-hybridized carbons (Fsp3) is 0.930. The van der Waals surface area contributed by atoms with Crippen LogP contribution in [0.5, 0.6) is 0 Å². The fourth-order valence-electron chi connectivity index (χ4n) is 7.36. The minimum Gasteiger partial charge on any atom is -0.412 e. The van der Waals surface area contributed by atoms with Crippen molar-refractivity contribution >= 4 is 49.2 Å². The number of carbonyl (C=O) groups is 1. The Morgan fingerprint density at radius 1 is 0.479 bits per heavy atom. The van der Waals surface area contributed by atoms with Crippen LogP contribution in [0.2, 0.25) is 72.5 Å². The third-order valence-corrected chi connectivity index (χ3v) is 35.4. The lowest BCUT2D eigenvalue weighted by atomic mass is 9.91. The Morgan fingerprint density at radius 3 is 0.957 bits per heavy atom. The summed E-state index contributed by atoms with van der Waals surface area (Å²) < 4.78 is 51.8. The van der Waals surface area contributed by atoms with Gasteiger partial charge in [0, 0.05) is 29.5 Å². The van der Waals surface area contributed by atoms with Crippen molar-refractivity contribution in [1.82, 2.24) is 0 Å². The number of aliphatic hydroxyl groups excluding tert-OH is 1. The number of rotatable bonds is 30. The largest absolute Gasteiger partial charge is 0.412 e. The van der Waals surface area contributed by atoms with Crippen LogP contribution in [0.4, 0.5) is 0 Å². The van der Waals surface area contributed by atoms with E-state index in [1.807, 2.05) is 6.08 Å². The Hall–Kier alpha value is -1.77. The lowest BCUT2D eigenvalue weighted by molar-refractivity contribution is -0.115. The summed E-state index contributed by atoms with van der Waals surface area (Å²) in [6, 6.07) is 0. The highest BCUT2D eigenvalue weighted by Crippen LogP contribution is 2.43. The van der Waals surface area contributed by atoms with Crippen molar-refractivity contribution in [2.24, 2.45) is 21.4 Å². The molecule has 0 rings (SSSR count). The van der Waals surface area contributed by atoms with Gasteiger partial charge >= 0.3 is 0 Å². The highest BCUT2D eigenvalue weighted by atomic mass is 32.2. The number of Topliss-reactive ketones (excluding diaryl/α,β-unsaturated/α-hetero) is 1. The molecule has 0 fully saturated rings. The zero-order chi connectivity index (χ0) is 77.4. The molecule has 0 aliphatic heterocycles. The Balaban J connectivity index is -0.000000155. The second kappa shape index (κ2) is 47.4. The molecule has 0 aliphatic rings. The maximum atomic E-state index is 10.9. The number of azide groups is 2. The van der Waals surface area contributed by atoms with Crippen LogP contribution in [0, 0.1) is 5.41 Å². The molecule has 0 saturated heterocycles. The van der Waals surface area contributed by atoms with Crippen molar-refractivity contribution in [3.05, 3.63) is 46.2 Å². The Labute approximate surface area is 587 Å². The highest BCUT2D eigenvalue weighted by Gasteiger charge is 2.44. The second-order valence-electron chi connectivity index (χ2n) is 36.0. The van der Waals surface area contributed by atoms with Gasteiger partial charge in [0.25, 0.3) is 10.1 Å². The van der Waals surface area contributed by atoms with Gasteiger partial charge in [0.15, 0.2) is 33.3 Å². The predicted octanol–water partition coefficient (Wildman–Crippen LogP) is 21.9. The van der Waals surface area contributed by atoms with Gasteiger partial charge in [0.2, 0.25) is 0 Å². The normalized spacial score (nSPS) is 13.1. The standard InChI is InChI=1S/C13H30O4SSi.C12H27N3OSi.C12H28O2Si.C12H26OSi.C7H17N.C6H13N3O.C6H12O.C3H6O/c1-12(2,3)19(7,8)17-13(4,5)10-9-11-16-18(6,14)15;1-11(2,3)17(6,7)16-12(4,5)9-8-10-14-15-13;1-11(2,3)15(6,7)14-12(4,5)9-8-10-13;1-9-10-12(5,6)13-14(7,8)11(2,3)4;1-7(2,3)5-4-6-8;1-6(2,10)4-3-5-8-9-7;1-4-5-6(2,3)7;1-3(2)4/h9-11H2,1-8H3;8-10H2,1-7H3;13H,8-10H2,1-7H3;9H,1,10H2,2-8H3;4-6,8H2,1-3H3;10H,3-5H2,1-2H3;4,7H,1,5H2,2-3H3;1-2H3. The topological polar surface area (TPSA) is 282 Å². The van der Waals surface area contributed by atoms with Crippen LogP contribution in [0.15, 0.2) is 35.5 Å². The molecule has 0 unspecified atom stereocenters. The molecule has 0 bridgehead atoms. The van der Waals surface area contributed by atoms with E-state index in [1.165, 1.54) is 20.3 Å². The van der Waals surface area contributed by atoms with Gasteiger partial charge in [-0.3, -0.25) is 4.18 Å². The van der Waals surface area contributed by atoms with Gasteiger partial charge in [-0.05, 0) is 270 Å². The van der Waals surface area contributed by atoms with Gasteiger partial charge in [-0.2, -0.15) is 8.42 Å². The van der Waals surface area contributed by atoms with Crippen molar-refractivity contribution in [3.8, 4) is 0 Å². The highest BCUT2D eigenvalue weighted by molar-refractivity contribution is 7.86. The molecule has 0 atom stereocenters. The Morgan fingerprint density at radius 2 is 0.755 bits per heavy atom. The number of ketones is 1. The maximum Gasteiger partial charge on any atom is 0.264 e. The van der Waals surface area contributed by atoms with Crippen LogP contribution in [-0.4, -0.2) is 136 Å². The van der Waals surface area contributed by atoms with Crippen LogP contribution in [0.3, 0.4) is 0 Å². The summed E-state index contributed by atoms with van der Waals surface area (Å²) in [5, 5.41) is 34.8. The first kappa shape index (κ1) is 108. The molecule has 23 heteroatoms. The number of nitrogens with zero attached hydrogens (tertiary/aromatic N) is 6. The molecule has 5 N–H and O–H groups in total. The zero-order valence-corrected chi connectivity index (χ0v) is 73.7. The summed E-state index contributed by atoms with van der Waals surface area (Å²) in [6.45, 7) is 88.3. The van der Waals surface area contributed by atoms with Crippen molar-refractivity contribution in [2.45, 2.75) is 384 Å². The molecule has 0 aromatic rings. The quantitative estimate of drug-likeness (QED) is 0.00993. The first-order chi connectivity index (χ1) is 41.1. The van der Waals surface area contributed by atoms with Gasteiger partial charge in [0.05, 0.1) is 46.5 Å². The van der Waals surface area contributed by atoms with E-state index in [-0.39, 0.29) is 61.6 Å². The molecule has 0 amide bonds. The molecule has 0 aromatic heterocycles. The maximum absolute atomic E-state index is 10.9. The van der Waals surface area contributed by atoms with Gasteiger partial charge in [-0.15, -0.1) is 13.2 Å². The third-order valence-electron chi connectivity index (χ3n) is 16.1. The smallest absolute Gasteiger partial charge is 0.264 e. The summed E-state index contributed by atoms with van der Waals surface area (Å²) in [4.78, 5) is 14.8. The van der Waals surface area contributed by atoms with E-state index in [9.17, 15) is 18.3 Å². The average Bonchev–Trinajstić information content (AvgIpc) is 0.850. The monoisotopic (exact) mass is 1430 g/mol. The number of hydrogen-bond acceptors (Lipinski definition) is 14. The molecule has 0 aromatic carbocycles. The summed E-state index contributed by atoms with van der Waals surface area (Å²) in [7, 11) is -10.1. The summed E-state index contributed by atoms with van der Waals surface area (Å²) in [6.07, 6.45) is 15.1. The number of nitrogens with two attached hydrogens (primary N) is 1. The molecule has 0 radical (unpaired) electrons. The molecule has 566 valence electrons. The van der Waals surface area contributed by atoms with Crippen LogP contribution in [0.1, 0.15) is 278 Å². The van der Waals surface area contributed by atoms with E-state index in [0.29, 0.717) is 37.8 Å². The average molecular weight is 1430 g/mol. The van der Waals surface area contributed by atoms with Crippen molar-refractivity contribution < 1.29 is 50.4 Å². The van der Waals surface area contributed by atoms with Gasteiger partial charge in [-0.25, -0.2) is 0 Å². The summed E-state index contributed by atoms with van der Waals surface area (Å²) in [5.74, 6) is 0.167. The third kappa shape index (κ3) is 73.0. The van der Waals surface area contributed by atoms with Crippen LogP contribution in [-0.2, 0) is 36.8 Å². The SMILES string of the molecule is C=CCC(C)(C)O.C=CCC(C)(C)O[Si](C)(C)C(C)(C)C.CC(C)(C)CCCN.CC(C)(CCCN=[N+]=[N-])O[Si](C)(C)C(C)(C)C.CC(C)(CCCO)O[Si](C)(C)C(C)(C)C.CC(C)(CCCOS(C)(=O)=O)O[Si](C)(C)C(C)(C)C.CC(C)(O)CCCN=[N+]=[N-].CC(C)=O. The Kier molecular flexibility index (Phi) is 54.5. The number of carbonyl (C=O) groups excluding carboxylic acids is 1. The van der Waals surface area contributed by atoms with Crippen molar-refractivity contribution in [3.63, 3.8) is 0 Å². The Bertz CT molecular complexity index is 2210. The van der Waals surface area contributed by atoms with E-state index in [2.05, 4.69) is 245 Å². The molecule has 0 saturated carbocycles. The van der Waals surface area contributed by atoms with Gasteiger partial charge in [0.1, 0.15) is 5.78 Å². The first-order valence-electron chi connectivity index (χ1n) is 34.2. The summed E-state index contributed by atoms with van der Waals surface area (Å²) >= 11 is 0. The molecule has 18 nitrogen and oxygen atoms in total. The zero-order valence-electron chi connectivity index (χ0n) is 68.9. The molecule has 0 spiro atoms. The predicted molar refractivity (Wildman–Crippen MR) is 419 cm³/mol. The van der Waals surface area contributed by atoms with Crippen molar-refractivity contribution in [1.29, 1.82) is 0 Å².